The Balaban J connectivity index is 1.86. The van der Waals surface area contributed by atoms with Crippen molar-refractivity contribution in [1.82, 2.24) is 10.2 Å². The summed E-state index contributed by atoms with van der Waals surface area (Å²) < 4.78 is 31.2. The number of halogens is 2. The summed E-state index contributed by atoms with van der Waals surface area (Å²) in [4.78, 5) is 37.5. The van der Waals surface area contributed by atoms with Crippen molar-refractivity contribution >= 4 is 17.8 Å². The third-order valence-electron chi connectivity index (χ3n) is 4.15. The highest BCUT2D eigenvalue weighted by Gasteiger charge is 2.18. The second-order valence-electron chi connectivity index (χ2n) is 6.30. The molecule has 0 saturated carbocycles. The third kappa shape index (κ3) is 6.99. The zero-order valence-electron chi connectivity index (χ0n) is 16.0. The van der Waals surface area contributed by atoms with E-state index in [0.717, 1.165) is 17.7 Å². The summed E-state index contributed by atoms with van der Waals surface area (Å²) in [5.41, 5.74) is 0.596. The number of esters is 1. The van der Waals surface area contributed by atoms with Crippen molar-refractivity contribution in [2.75, 3.05) is 20.2 Å². The van der Waals surface area contributed by atoms with Crippen LogP contribution in [0.5, 0.6) is 0 Å². The van der Waals surface area contributed by atoms with E-state index in [0.29, 0.717) is 12.5 Å². The van der Waals surface area contributed by atoms with Crippen LogP contribution in [0.4, 0.5) is 8.78 Å². The first-order valence-electron chi connectivity index (χ1n) is 9.02. The normalized spacial score (nSPS) is 10.3. The number of carbonyl (C=O) groups is 3. The predicted molar refractivity (Wildman–Crippen MR) is 102 cm³/mol. The average molecular weight is 404 g/mol. The lowest BCUT2D eigenvalue weighted by atomic mass is 10.2. The standard InChI is InChI=1S/C21H22F2N2O4/c1-29-20(27)14-25(13-15-6-3-2-4-7-15)19(26)8-5-11-24-21(28)17-10-9-16(22)12-18(17)23/h2-4,6-7,9-10,12H,5,8,11,13-14H2,1H3,(H,24,28). The molecule has 2 amide bonds. The molecule has 6 nitrogen and oxygen atoms in total. The average Bonchev–Trinajstić information content (AvgIpc) is 2.71. The van der Waals surface area contributed by atoms with Gasteiger partial charge in [-0.2, -0.15) is 0 Å². The first-order valence-corrected chi connectivity index (χ1v) is 9.02. The number of hydrogen-bond donors (Lipinski definition) is 1. The molecule has 2 aromatic carbocycles. The molecule has 0 unspecified atom stereocenters. The molecule has 29 heavy (non-hydrogen) atoms. The van der Waals surface area contributed by atoms with E-state index in [1.54, 1.807) is 0 Å². The first-order chi connectivity index (χ1) is 13.9. The number of nitrogens with zero attached hydrogens (tertiary/aromatic N) is 1. The number of rotatable bonds is 9. The van der Waals surface area contributed by atoms with Crippen molar-refractivity contribution in [3.05, 3.63) is 71.3 Å². The van der Waals surface area contributed by atoms with E-state index < -0.39 is 23.5 Å². The minimum atomic E-state index is -0.953. The minimum absolute atomic E-state index is 0.0794. The molecule has 0 spiro atoms. The van der Waals surface area contributed by atoms with E-state index in [2.05, 4.69) is 10.1 Å². The lowest BCUT2D eigenvalue weighted by Crippen LogP contribution is -2.36. The summed E-state index contributed by atoms with van der Waals surface area (Å²) in [6.07, 6.45) is 0.371. The Morgan fingerprint density at radius 2 is 1.79 bits per heavy atom. The van der Waals surface area contributed by atoms with E-state index >= 15 is 0 Å². The van der Waals surface area contributed by atoms with Crippen LogP contribution in [0, 0.1) is 11.6 Å². The third-order valence-corrected chi connectivity index (χ3v) is 4.15. The second-order valence-corrected chi connectivity index (χ2v) is 6.30. The number of benzene rings is 2. The van der Waals surface area contributed by atoms with Crippen molar-refractivity contribution in [3.63, 3.8) is 0 Å². The van der Waals surface area contributed by atoms with Gasteiger partial charge in [0.25, 0.3) is 5.91 Å². The number of methoxy groups -OCH3 is 1. The maximum atomic E-state index is 13.6. The van der Waals surface area contributed by atoms with E-state index in [9.17, 15) is 23.2 Å². The monoisotopic (exact) mass is 404 g/mol. The smallest absolute Gasteiger partial charge is 0.325 e. The van der Waals surface area contributed by atoms with Crippen LogP contribution >= 0.6 is 0 Å². The number of amides is 2. The molecule has 0 aliphatic carbocycles. The molecule has 0 fully saturated rings. The van der Waals surface area contributed by atoms with Gasteiger partial charge in [0.1, 0.15) is 18.2 Å². The van der Waals surface area contributed by atoms with Gasteiger partial charge in [0.15, 0.2) is 0 Å². The van der Waals surface area contributed by atoms with E-state index in [1.165, 1.54) is 12.0 Å². The van der Waals surface area contributed by atoms with Crippen LogP contribution in [0.3, 0.4) is 0 Å². The summed E-state index contributed by atoms with van der Waals surface area (Å²) in [5, 5.41) is 2.49. The molecular formula is C21H22F2N2O4. The van der Waals surface area contributed by atoms with Crippen LogP contribution in [-0.2, 0) is 20.9 Å². The minimum Gasteiger partial charge on any atom is -0.468 e. The molecule has 0 aromatic heterocycles. The van der Waals surface area contributed by atoms with E-state index in [4.69, 9.17) is 0 Å². The van der Waals surface area contributed by atoms with Gasteiger partial charge in [-0.15, -0.1) is 0 Å². The lowest BCUT2D eigenvalue weighted by Gasteiger charge is -2.21. The highest BCUT2D eigenvalue weighted by molar-refractivity contribution is 5.94. The Bertz CT molecular complexity index is 859. The molecule has 2 aromatic rings. The first kappa shape index (κ1) is 22.0. The molecule has 8 heteroatoms. The van der Waals surface area contributed by atoms with Crippen LogP contribution < -0.4 is 5.32 Å². The van der Waals surface area contributed by atoms with Crippen LogP contribution in [0.15, 0.2) is 48.5 Å². The number of hydrogen-bond acceptors (Lipinski definition) is 4. The fourth-order valence-corrected chi connectivity index (χ4v) is 2.62. The van der Waals surface area contributed by atoms with Gasteiger partial charge in [-0.25, -0.2) is 8.78 Å². The van der Waals surface area contributed by atoms with Crippen molar-refractivity contribution in [2.45, 2.75) is 19.4 Å². The molecule has 0 aliphatic heterocycles. The molecule has 0 atom stereocenters. The molecule has 0 saturated heterocycles. The Morgan fingerprint density at radius 1 is 1.07 bits per heavy atom. The second kappa shape index (κ2) is 10.9. The Morgan fingerprint density at radius 3 is 2.45 bits per heavy atom. The Kier molecular flexibility index (Phi) is 8.27. The van der Waals surface area contributed by atoms with Crippen molar-refractivity contribution < 1.29 is 27.9 Å². The molecular weight excluding hydrogens is 382 g/mol. The van der Waals surface area contributed by atoms with Gasteiger partial charge in [-0.05, 0) is 24.1 Å². The molecule has 0 aliphatic rings. The number of nitrogens with one attached hydrogen (secondary N) is 1. The molecule has 0 radical (unpaired) electrons. The summed E-state index contributed by atoms with van der Waals surface area (Å²) in [5.74, 6) is -3.22. The quantitative estimate of drug-likeness (QED) is 0.515. The van der Waals surface area contributed by atoms with Crippen molar-refractivity contribution in [1.29, 1.82) is 0 Å². The molecule has 0 heterocycles. The Hall–Kier alpha value is -3.29. The maximum Gasteiger partial charge on any atom is 0.325 e. The van der Waals surface area contributed by atoms with E-state index in [1.807, 2.05) is 30.3 Å². The fourth-order valence-electron chi connectivity index (χ4n) is 2.62. The summed E-state index contributed by atoms with van der Waals surface area (Å²) in [6.45, 7) is 0.193. The van der Waals surface area contributed by atoms with Crippen LogP contribution in [-0.4, -0.2) is 42.9 Å². The topological polar surface area (TPSA) is 75.7 Å². The van der Waals surface area contributed by atoms with Gasteiger partial charge < -0.3 is 15.0 Å². The van der Waals surface area contributed by atoms with Gasteiger partial charge in [-0.3, -0.25) is 14.4 Å². The van der Waals surface area contributed by atoms with Crippen LogP contribution in [0.2, 0.25) is 0 Å². The van der Waals surface area contributed by atoms with Crippen molar-refractivity contribution in [3.8, 4) is 0 Å². The fraction of sp³-hybridized carbons (Fsp3) is 0.286. The van der Waals surface area contributed by atoms with Crippen LogP contribution in [0.1, 0.15) is 28.8 Å². The number of carbonyl (C=O) groups excluding carboxylic acids is 3. The summed E-state index contributed by atoms with van der Waals surface area (Å²) in [7, 11) is 1.25. The largest absolute Gasteiger partial charge is 0.468 e. The van der Waals surface area contributed by atoms with Gasteiger partial charge in [0, 0.05) is 25.6 Å². The maximum absolute atomic E-state index is 13.6. The zero-order chi connectivity index (χ0) is 21.2. The van der Waals surface area contributed by atoms with Crippen LogP contribution in [0.25, 0.3) is 0 Å². The molecule has 2 rings (SSSR count). The van der Waals surface area contributed by atoms with Gasteiger partial charge >= 0.3 is 5.97 Å². The van der Waals surface area contributed by atoms with Crippen molar-refractivity contribution in [2.24, 2.45) is 0 Å². The summed E-state index contributed by atoms with van der Waals surface area (Å²) in [6, 6.07) is 11.9. The zero-order valence-corrected chi connectivity index (χ0v) is 16.0. The summed E-state index contributed by atoms with van der Waals surface area (Å²) >= 11 is 0. The highest BCUT2D eigenvalue weighted by atomic mass is 19.1. The SMILES string of the molecule is COC(=O)CN(Cc1ccccc1)C(=O)CCCNC(=O)c1ccc(F)cc1F. The number of ether oxygens (including phenoxy) is 1. The predicted octanol–water partition coefficient (Wildman–Crippen LogP) is 2.68. The molecule has 154 valence electrons. The molecule has 1 N–H and O–H groups in total. The Labute approximate surface area is 167 Å². The highest BCUT2D eigenvalue weighted by Crippen LogP contribution is 2.10. The lowest BCUT2D eigenvalue weighted by molar-refractivity contribution is -0.147. The molecule has 0 bridgehead atoms. The van der Waals surface area contributed by atoms with Gasteiger partial charge in [-0.1, -0.05) is 30.3 Å². The van der Waals surface area contributed by atoms with Gasteiger partial charge in [0.05, 0.1) is 12.7 Å². The van der Waals surface area contributed by atoms with Gasteiger partial charge in [0.2, 0.25) is 5.91 Å². The van der Waals surface area contributed by atoms with E-state index in [-0.39, 0.29) is 37.5 Å².